The van der Waals surface area contributed by atoms with Crippen molar-refractivity contribution in [3.8, 4) is 0 Å². The maximum atomic E-state index is 5.20. The smallest absolute Gasteiger partial charge is 0.209 e. The second-order valence-corrected chi connectivity index (χ2v) is 7.77. The van der Waals surface area contributed by atoms with Gasteiger partial charge >= 0.3 is 0 Å². The minimum Gasteiger partial charge on any atom is -0.383 e. The van der Waals surface area contributed by atoms with Crippen LogP contribution < -0.4 is 9.80 Å². The summed E-state index contributed by atoms with van der Waals surface area (Å²) in [7, 11) is 1.72. The first-order chi connectivity index (χ1) is 11.7. The summed E-state index contributed by atoms with van der Waals surface area (Å²) < 4.78 is 7.14. The van der Waals surface area contributed by atoms with Crippen LogP contribution in [0, 0.1) is 5.92 Å². The quantitative estimate of drug-likeness (QED) is 0.652. The number of rotatable bonds is 7. The third kappa shape index (κ3) is 3.95. The molecular weight excluding hydrogens is 304 g/mol. The molecule has 0 radical (unpaired) electrons. The summed E-state index contributed by atoms with van der Waals surface area (Å²) in [6.07, 6.45) is 5.75. The van der Waals surface area contributed by atoms with Gasteiger partial charge < -0.3 is 14.5 Å². The van der Waals surface area contributed by atoms with E-state index in [2.05, 4.69) is 29.4 Å². The molecule has 3 rings (SSSR count). The number of aromatic nitrogens is 4. The van der Waals surface area contributed by atoms with Crippen LogP contribution in [0.5, 0.6) is 0 Å². The number of methoxy groups -OCH3 is 1. The Labute approximate surface area is 145 Å². The minimum absolute atomic E-state index is 0.377. The van der Waals surface area contributed by atoms with Crippen molar-refractivity contribution in [2.75, 3.05) is 39.9 Å². The van der Waals surface area contributed by atoms with E-state index in [1.54, 1.807) is 12.0 Å². The summed E-state index contributed by atoms with van der Waals surface area (Å²) in [6.45, 7) is 11.0. The lowest BCUT2D eigenvalue weighted by Crippen LogP contribution is -3.29. The van der Waals surface area contributed by atoms with Gasteiger partial charge in [-0.15, -0.1) is 5.10 Å². The van der Waals surface area contributed by atoms with Gasteiger partial charge in [0.15, 0.2) is 6.04 Å². The molecule has 2 fully saturated rings. The standard InChI is InChI=1S/C17H32N6O/c1-14(2)16(17-18-19-20-23(17)12-13-24-3)22-10-8-21(9-11-22)15-6-4-5-7-15/h14-16H,4-13H2,1-3H3/p+2/t16-/m1/s1. The molecule has 7 heteroatoms. The van der Waals surface area contributed by atoms with Gasteiger partial charge in [0.25, 0.3) is 0 Å². The Morgan fingerprint density at radius 1 is 1.17 bits per heavy atom. The van der Waals surface area contributed by atoms with E-state index in [-0.39, 0.29) is 0 Å². The lowest BCUT2D eigenvalue weighted by Gasteiger charge is -2.37. The third-order valence-corrected chi connectivity index (χ3v) is 5.92. The van der Waals surface area contributed by atoms with Crippen LogP contribution in [0.25, 0.3) is 0 Å². The topological polar surface area (TPSA) is 61.7 Å². The average Bonchev–Trinajstić information content (AvgIpc) is 3.25. The fourth-order valence-corrected chi connectivity index (χ4v) is 4.67. The normalized spacial score (nSPS) is 27.0. The van der Waals surface area contributed by atoms with Gasteiger partial charge in [-0.05, 0) is 36.1 Å². The summed E-state index contributed by atoms with van der Waals surface area (Å²) in [6, 6.07) is 1.30. The van der Waals surface area contributed by atoms with Crippen molar-refractivity contribution < 1.29 is 14.5 Å². The summed E-state index contributed by atoms with van der Waals surface area (Å²) in [5.74, 6) is 1.56. The monoisotopic (exact) mass is 338 g/mol. The SMILES string of the molecule is COCCn1nnnc1[C@@H](C(C)C)[NH+]1CC[NH+](C2CCCC2)CC1. The van der Waals surface area contributed by atoms with Gasteiger partial charge in [0.1, 0.15) is 26.2 Å². The lowest BCUT2D eigenvalue weighted by molar-refractivity contribution is -1.04. The van der Waals surface area contributed by atoms with Crippen LogP contribution in [0.2, 0.25) is 0 Å². The molecule has 2 heterocycles. The van der Waals surface area contributed by atoms with Crippen LogP contribution in [0.15, 0.2) is 0 Å². The molecule has 1 saturated heterocycles. The highest BCUT2D eigenvalue weighted by molar-refractivity contribution is 4.89. The van der Waals surface area contributed by atoms with Gasteiger partial charge in [0, 0.05) is 13.0 Å². The van der Waals surface area contributed by atoms with Crippen LogP contribution >= 0.6 is 0 Å². The molecule has 0 amide bonds. The third-order valence-electron chi connectivity index (χ3n) is 5.92. The van der Waals surface area contributed by atoms with Crippen LogP contribution in [0.4, 0.5) is 0 Å². The van der Waals surface area contributed by atoms with E-state index in [0.717, 1.165) is 18.4 Å². The predicted molar refractivity (Wildman–Crippen MR) is 90.9 cm³/mol. The van der Waals surface area contributed by atoms with Gasteiger partial charge in [0.2, 0.25) is 5.82 Å². The zero-order chi connectivity index (χ0) is 16.9. The van der Waals surface area contributed by atoms with Gasteiger partial charge in [0.05, 0.1) is 19.2 Å². The van der Waals surface area contributed by atoms with Crippen molar-refractivity contribution in [1.29, 1.82) is 0 Å². The zero-order valence-electron chi connectivity index (χ0n) is 15.5. The molecule has 0 spiro atoms. The predicted octanol–water partition coefficient (Wildman–Crippen LogP) is -1.26. The molecule has 136 valence electrons. The molecule has 1 aromatic rings. The molecule has 2 aliphatic rings. The van der Waals surface area contributed by atoms with E-state index in [1.165, 1.54) is 51.9 Å². The first kappa shape index (κ1) is 17.8. The molecule has 2 N–H and O–H groups in total. The minimum atomic E-state index is 0.377. The highest BCUT2D eigenvalue weighted by Crippen LogP contribution is 2.17. The number of hydrogen-bond donors (Lipinski definition) is 2. The molecule has 1 aliphatic carbocycles. The second kappa shape index (κ2) is 8.36. The number of quaternary nitrogens is 2. The highest BCUT2D eigenvalue weighted by atomic mass is 16.5. The van der Waals surface area contributed by atoms with Crippen molar-refractivity contribution >= 4 is 0 Å². The number of piperazine rings is 1. The summed E-state index contributed by atoms with van der Waals surface area (Å²) in [5.41, 5.74) is 0. The van der Waals surface area contributed by atoms with E-state index < -0.39 is 0 Å². The van der Waals surface area contributed by atoms with Gasteiger partial charge in [-0.3, -0.25) is 0 Å². The number of ether oxygens (including phenoxy) is 1. The van der Waals surface area contributed by atoms with Gasteiger partial charge in [-0.2, -0.15) is 0 Å². The maximum Gasteiger partial charge on any atom is 0.209 e. The summed E-state index contributed by atoms with van der Waals surface area (Å²) in [5, 5.41) is 12.5. The van der Waals surface area contributed by atoms with Gasteiger partial charge in [-0.25, -0.2) is 4.68 Å². The summed E-state index contributed by atoms with van der Waals surface area (Å²) in [4.78, 5) is 3.50. The van der Waals surface area contributed by atoms with Crippen LogP contribution in [-0.2, 0) is 11.3 Å². The van der Waals surface area contributed by atoms with E-state index in [1.807, 2.05) is 9.58 Å². The first-order valence-electron chi connectivity index (χ1n) is 9.65. The zero-order valence-corrected chi connectivity index (χ0v) is 15.5. The summed E-state index contributed by atoms with van der Waals surface area (Å²) >= 11 is 0. The maximum absolute atomic E-state index is 5.20. The molecule has 0 unspecified atom stereocenters. The van der Waals surface area contributed by atoms with Crippen molar-refractivity contribution in [2.45, 2.75) is 58.2 Å². The molecular formula is C17H34N6O+2. The van der Waals surface area contributed by atoms with Crippen LogP contribution in [-0.4, -0.2) is 66.1 Å². The fraction of sp³-hybridized carbons (Fsp3) is 0.941. The Bertz CT molecular complexity index is 491. The Balaban J connectivity index is 1.65. The molecule has 1 aliphatic heterocycles. The van der Waals surface area contributed by atoms with Crippen LogP contribution in [0.1, 0.15) is 51.4 Å². The number of nitrogens with one attached hydrogen (secondary N) is 2. The Hall–Kier alpha value is -1.05. The van der Waals surface area contributed by atoms with Crippen molar-refractivity contribution in [3.05, 3.63) is 5.82 Å². The molecule has 1 aromatic heterocycles. The lowest BCUT2D eigenvalue weighted by atomic mass is 10.00. The number of tetrazole rings is 1. The van der Waals surface area contributed by atoms with Crippen molar-refractivity contribution in [3.63, 3.8) is 0 Å². The Morgan fingerprint density at radius 2 is 1.88 bits per heavy atom. The number of nitrogens with zero attached hydrogens (tertiary/aromatic N) is 4. The van der Waals surface area contributed by atoms with Gasteiger partial charge in [-0.1, -0.05) is 13.8 Å². The van der Waals surface area contributed by atoms with Crippen molar-refractivity contribution in [2.24, 2.45) is 5.92 Å². The second-order valence-electron chi connectivity index (χ2n) is 7.77. The van der Waals surface area contributed by atoms with Crippen molar-refractivity contribution in [1.82, 2.24) is 20.2 Å². The van der Waals surface area contributed by atoms with E-state index in [4.69, 9.17) is 4.74 Å². The molecule has 24 heavy (non-hydrogen) atoms. The van der Waals surface area contributed by atoms with E-state index in [9.17, 15) is 0 Å². The molecule has 7 nitrogen and oxygen atoms in total. The van der Waals surface area contributed by atoms with Crippen LogP contribution in [0.3, 0.4) is 0 Å². The molecule has 0 aromatic carbocycles. The van der Waals surface area contributed by atoms with E-state index in [0.29, 0.717) is 18.6 Å². The fourth-order valence-electron chi connectivity index (χ4n) is 4.67. The Morgan fingerprint density at radius 3 is 2.50 bits per heavy atom. The highest BCUT2D eigenvalue weighted by Gasteiger charge is 2.38. The van der Waals surface area contributed by atoms with E-state index >= 15 is 0 Å². The molecule has 1 atom stereocenters. The Kier molecular flexibility index (Phi) is 6.19. The molecule has 1 saturated carbocycles. The first-order valence-corrected chi connectivity index (χ1v) is 9.65. The average molecular weight is 339 g/mol. The largest absolute Gasteiger partial charge is 0.383 e. The number of hydrogen-bond acceptors (Lipinski definition) is 4. The molecule has 0 bridgehead atoms.